The quantitative estimate of drug-likeness (QED) is 0.510. The van der Waals surface area contributed by atoms with Gasteiger partial charge in [0.2, 0.25) is 0 Å². The first-order chi connectivity index (χ1) is 16.0. The average molecular weight is 462 g/mol. The zero-order valence-electron chi connectivity index (χ0n) is 17.7. The summed E-state index contributed by atoms with van der Waals surface area (Å²) in [7, 11) is 1.57. The molecular weight excluding hydrogens is 442 g/mol. The number of methoxy groups -OCH3 is 1. The molecule has 1 heterocycles. The maximum Gasteiger partial charge on any atom is 0.279 e. The molecule has 0 saturated heterocycles. The predicted molar refractivity (Wildman–Crippen MR) is 126 cm³/mol. The first-order valence-corrected chi connectivity index (χ1v) is 10.5. The molecule has 0 bridgehead atoms. The number of carbonyl (C=O) groups excluding carboxylic acids is 3. The molecule has 0 spiro atoms. The van der Waals surface area contributed by atoms with Crippen molar-refractivity contribution in [2.24, 2.45) is 0 Å². The molecule has 3 aromatic carbocycles. The van der Waals surface area contributed by atoms with Gasteiger partial charge >= 0.3 is 0 Å². The van der Waals surface area contributed by atoms with Gasteiger partial charge in [-0.1, -0.05) is 41.9 Å². The minimum Gasteiger partial charge on any atom is -0.497 e. The number of nitrogens with zero attached hydrogens (tertiary/aromatic N) is 1. The number of amides is 3. The van der Waals surface area contributed by atoms with Crippen LogP contribution in [0.15, 0.2) is 89.6 Å². The summed E-state index contributed by atoms with van der Waals surface area (Å²) in [6.07, 6.45) is 0. The number of rotatable bonds is 7. The van der Waals surface area contributed by atoms with Crippen LogP contribution in [0.5, 0.6) is 5.75 Å². The largest absolute Gasteiger partial charge is 0.497 e. The van der Waals surface area contributed by atoms with Gasteiger partial charge < -0.3 is 15.4 Å². The number of hydrogen-bond acceptors (Lipinski definition) is 5. The van der Waals surface area contributed by atoms with Crippen molar-refractivity contribution < 1.29 is 19.1 Å². The second-order valence-electron chi connectivity index (χ2n) is 7.26. The van der Waals surface area contributed by atoms with Crippen molar-refractivity contribution in [3.05, 3.63) is 101 Å². The Balaban J connectivity index is 1.42. The lowest BCUT2D eigenvalue weighted by atomic mass is 10.2. The first kappa shape index (κ1) is 22.1. The van der Waals surface area contributed by atoms with Gasteiger partial charge in [0.25, 0.3) is 17.7 Å². The number of ether oxygens (including phenoxy) is 1. The zero-order valence-corrected chi connectivity index (χ0v) is 18.4. The van der Waals surface area contributed by atoms with E-state index < -0.39 is 11.8 Å². The van der Waals surface area contributed by atoms with Crippen LogP contribution in [0, 0.1) is 0 Å². The highest BCUT2D eigenvalue weighted by atomic mass is 35.5. The molecule has 1 aliphatic rings. The van der Waals surface area contributed by atoms with Crippen LogP contribution in [0.25, 0.3) is 0 Å². The van der Waals surface area contributed by atoms with Gasteiger partial charge in [-0.05, 0) is 54.1 Å². The zero-order chi connectivity index (χ0) is 23.4. The average Bonchev–Trinajstić information content (AvgIpc) is 3.04. The summed E-state index contributed by atoms with van der Waals surface area (Å²) in [6.45, 7) is 0.129. The fourth-order valence-corrected chi connectivity index (χ4v) is 3.52. The maximum atomic E-state index is 12.8. The molecule has 0 fully saturated rings. The Kier molecular flexibility index (Phi) is 6.42. The van der Waals surface area contributed by atoms with E-state index in [1.54, 1.807) is 55.6 Å². The van der Waals surface area contributed by atoms with Crippen molar-refractivity contribution in [2.45, 2.75) is 6.54 Å². The number of imide groups is 1. The minimum atomic E-state index is -0.552. The number of benzene rings is 3. The van der Waals surface area contributed by atoms with Gasteiger partial charge in [0, 0.05) is 16.9 Å². The minimum absolute atomic E-state index is 0.00744. The van der Waals surface area contributed by atoms with Gasteiger partial charge in [-0.2, -0.15) is 0 Å². The summed E-state index contributed by atoms with van der Waals surface area (Å²) in [5, 5.41) is 5.54. The normalized spacial score (nSPS) is 13.3. The van der Waals surface area contributed by atoms with Crippen LogP contribution in [0.1, 0.15) is 15.9 Å². The Hall–Kier alpha value is -4.10. The topological polar surface area (TPSA) is 87.7 Å². The van der Waals surface area contributed by atoms with Gasteiger partial charge in [0.1, 0.15) is 16.5 Å². The number of anilines is 2. The Morgan fingerprint density at radius 1 is 0.879 bits per heavy atom. The lowest BCUT2D eigenvalue weighted by molar-refractivity contribution is -0.138. The molecule has 3 amide bonds. The number of hydrogen-bond donors (Lipinski definition) is 2. The molecule has 3 aromatic rings. The summed E-state index contributed by atoms with van der Waals surface area (Å²) in [5.41, 5.74) is 2.40. The Bertz CT molecular complexity index is 1220. The van der Waals surface area contributed by atoms with Crippen LogP contribution in [0.4, 0.5) is 11.4 Å². The van der Waals surface area contributed by atoms with Crippen molar-refractivity contribution in [1.29, 1.82) is 0 Å². The third-order valence-electron chi connectivity index (χ3n) is 5.06. The highest BCUT2D eigenvalue weighted by Gasteiger charge is 2.37. The van der Waals surface area contributed by atoms with Crippen molar-refractivity contribution >= 4 is 40.7 Å². The third-order valence-corrected chi connectivity index (χ3v) is 5.41. The second kappa shape index (κ2) is 9.58. The van der Waals surface area contributed by atoms with E-state index in [2.05, 4.69) is 10.6 Å². The molecule has 0 saturated carbocycles. The van der Waals surface area contributed by atoms with Crippen LogP contribution in [-0.4, -0.2) is 29.7 Å². The highest BCUT2D eigenvalue weighted by molar-refractivity contribution is 6.48. The monoisotopic (exact) mass is 461 g/mol. The van der Waals surface area contributed by atoms with Crippen LogP contribution in [0.3, 0.4) is 0 Å². The van der Waals surface area contributed by atoms with Gasteiger partial charge in [-0.3, -0.25) is 19.3 Å². The lowest BCUT2D eigenvalue weighted by Crippen LogP contribution is -2.31. The van der Waals surface area contributed by atoms with Crippen molar-refractivity contribution in [1.82, 2.24) is 4.90 Å². The summed E-state index contributed by atoms with van der Waals surface area (Å²) in [5.74, 6) is -0.650. The van der Waals surface area contributed by atoms with Crippen LogP contribution >= 0.6 is 11.6 Å². The lowest BCUT2D eigenvalue weighted by Gasteiger charge is -2.15. The fourth-order valence-electron chi connectivity index (χ4n) is 3.29. The van der Waals surface area contributed by atoms with Crippen molar-refractivity contribution in [3.8, 4) is 5.75 Å². The van der Waals surface area contributed by atoms with Crippen molar-refractivity contribution in [2.75, 3.05) is 17.7 Å². The van der Waals surface area contributed by atoms with Crippen LogP contribution in [0.2, 0.25) is 0 Å². The van der Waals surface area contributed by atoms with E-state index in [1.807, 2.05) is 30.3 Å². The second-order valence-corrected chi connectivity index (χ2v) is 7.63. The molecular formula is C25H20ClN3O4. The Labute approximate surface area is 195 Å². The molecule has 8 heteroatoms. The molecule has 0 unspecified atom stereocenters. The van der Waals surface area contributed by atoms with E-state index in [1.165, 1.54) is 0 Å². The van der Waals surface area contributed by atoms with E-state index in [0.29, 0.717) is 22.7 Å². The van der Waals surface area contributed by atoms with Gasteiger partial charge in [0.05, 0.1) is 13.7 Å². The molecule has 0 aliphatic carbocycles. The molecule has 166 valence electrons. The van der Waals surface area contributed by atoms with E-state index in [9.17, 15) is 14.4 Å². The number of nitrogens with one attached hydrogen (secondary N) is 2. The molecule has 7 nitrogen and oxygen atoms in total. The summed E-state index contributed by atoms with van der Waals surface area (Å²) >= 11 is 6.16. The Morgan fingerprint density at radius 2 is 1.52 bits per heavy atom. The SMILES string of the molecule is COc1ccc(NC(=O)c2ccc(NC3=C(Cl)C(=O)N(Cc4ccccc4)C3=O)cc2)cc1. The van der Waals surface area contributed by atoms with Crippen LogP contribution in [-0.2, 0) is 16.1 Å². The number of halogens is 1. The predicted octanol–water partition coefficient (Wildman–Crippen LogP) is 4.38. The van der Waals surface area contributed by atoms with Gasteiger partial charge in [-0.15, -0.1) is 0 Å². The Morgan fingerprint density at radius 3 is 2.15 bits per heavy atom. The smallest absolute Gasteiger partial charge is 0.279 e. The summed E-state index contributed by atoms with van der Waals surface area (Å²) in [4.78, 5) is 38.9. The van der Waals surface area contributed by atoms with Crippen LogP contribution < -0.4 is 15.4 Å². The van der Waals surface area contributed by atoms with Crippen molar-refractivity contribution in [3.63, 3.8) is 0 Å². The molecule has 0 atom stereocenters. The molecule has 0 radical (unpaired) electrons. The summed E-state index contributed by atoms with van der Waals surface area (Å²) < 4.78 is 5.10. The molecule has 4 rings (SSSR count). The molecule has 2 N–H and O–H groups in total. The number of carbonyl (C=O) groups is 3. The standard InChI is InChI=1S/C25H20ClN3O4/c1-33-20-13-11-19(12-14-20)28-23(30)17-7-9-18(10-8-17)27-22-21(26)24(31)29(25(22)32)15-16-5-3-2-4-6-16/h2-14,27H,15H2,1H3,(H,28,30). The molecule has 1 aliphatic heterocycles. The maximum absolute atomic E-state index is 12.8. The van der Waals surface area contributed by atoms with E-state index in [0.717, 1.165) is 10.5 Å². The molecule has 0 aromatic heterocycles. The van der Waals surface area contributed by atoms with E-state index in [4.69, 9.17) is 16.3 Å². The van der Waals surface area contributed by atoms with E-state index in [-0.39, 0.29) is 23.2 Å². The fraction of sp³-hybridized carbons (Fsp3) is 0.0800. The molecule has 33 heavy (non-hydrogen) atoms. The third kappa shape index (κ3) is 4.88. The van der Waals surface area contributed by atoms with Gasteiger partial charge in [0.15, 0.2) is 0 Å². The van der Waals surface area contributed by atoms with Gasteiger partial charge in [-0.25, -0.2) is 0 Å². The summed E-state index contributed by atoms with van der Waals surface area (Å²) in [6, 6.07) is 22.7. The van der Waals surface area contributed by atoms with E-state index >= 15 is 0 Å². The highest BCUT2D eigenvalue weighted by Crippen LogP contribution is 2.27. The first-order valence-electron chi connectivity index (χ1n) is 10.1.